The number of likely N-dealkylation sites (N-methyl/N-ethyl adjacent to an activating group) is 1. The van der Waals surface area contributed by atoms with E-state index in [-0.39, 0.29) is 11.3 Å². The SMILES string of the molecule is C[C@H]1c2cccc(O)c2C(=O)C2=C(O)[C@]3(O)C(=O)C(C(N)=O)=C(O)[C@@H](N(C)C)[C@H]3[C@@H](O)[C@@H]21.O=[N+]([O-])O. The molecule has 1 aromatic rings. The van der Waals surface area contributed by atoms with Crippen molar-refractivity contribution in [2.24, 2.45) is 17.6 Å². The normalized spacial score (nSPS) is 31.2. The summed E-state index contributed by atoms with van der Waals surface area (Å²) < 4.78 is 0. The van der Waals surface area contributed by atoms with Crippen LogP contribution in [-0.4, -0.2) is 90.0 Å². The maximum Gasteiger partial charge on any atom is 0.291 e. The van der Waals surface area contributed by atoms with E-state index in [0.717, 1.165) is 0 Å². The number of hydrogen-bond acceptors (Lipinski definition) is 11. The van der Waals surface area contributed by atoms with E-state index in [0.29, 0.717) is 5.56 Å². The molecule has 3 aliphatic carbocycles. The third-order valence-corrected chi connectivity index (χ3v) is 7.00. The van der Waals surface area contributed by atoms with Crippen molar-refractivity contribution in [3.63, 3.8) is 0 Å². The van der Waals surface area contributed by atoms with Crippen molar-refractivity contribution in [3.05, 3.63) is 62.1 Å². The molecule has 8 N–H and O–H groups in total. The highest BCUT2D eigenvalue weighted by Gasteiger charge is 2.67. The zero-order valence-corrected chi connectivity index (χ0v) is 19.3. The van der Waals surface area contributed by atoms with Crippen LogP contribution in [0.2, 0.25) is 0 Å². The van der Waals surface area contributed by atoms with Crippen LogP contribution in [0.4, 0.5) is 0 Å². The minimum Gasteiger partial charge on any atom is -0.510 e. The van der Waals surface area contributed by atoms with Gasteiger partial charge in [-0.3, -0.25) is 19.3 Å². The molecule has 14 nitrogen and oxygen atoms in total. The highest BCUT2D eigenvalue weighted by atomic mass is 16.9. The summed E-state index contributed by atoms with van der Waals surface area (Å²) in [6.07, 6.45) is -1.59. The monoisotopic (exact) mass is 507 g/mol. The van der Waals surface area contributed by atoms with Crippen LogP contribution in [0.5, 0.6) is 5.75 Å². The Bertz CT molecular complexity index is 1230. The van der Waals surface area contributed by atoms with Crippen LogP contribution in [0.1, 0.15) is 28.8 Å². The molecule has 0 aliphatic heterocycles. The number of phenols is 1. The molecule has 1 aromatic carbocycles. The molecule has 1 amide bonds. The van der Waals surface area contributed by atoms with Crippen molar-refractivity contribution in [2.75, 3.05) is 14.1 Å². The first-order valence-electron chi connectivity index (χ1n) is 10.6. The number of hydrogen-bond donors (Lipinski definition) is 7. The van der Waals surface area contributed by atoms with Gasteiger partial charge in [0.2, 0.25) is 5.78 Å². The maximum atomic E-state index is 13.3. The van der Waals surface area contributed by atoms with Crippen molar-refractivity contribution in [1.82, 2.24) is 4.90 Å². The number of amides is 1. The number of carbonyl (C=O) groups excluding carboxylic acids is 3. The van der Waals surface area contributed by atoms with Gasteiger partial charge < -0.3 is 36.5 Å². The molecule has 0 heterocycles. The molecule has 0 aromatic heterocycles. The lowest BCUT2D eigenvalue weighted by molar-refractivity contribution is -0.742. The minimum absolute atomic E-state index is 0.104. The molecule has 0 spiro atoms. The number of primary amides is 1. The molecule has 36 heavy (non-hydrogen) atoms. The van der Waals surface area contributed by atoms with Gasteiger partial charge in [0.25, 0.3) is 11.0 Å². The number of nitrogens with zero attached hydrogens (tertiary/aromatic N) is 2. The predicted molar refractivity (Wildman–Crippen MR) is 119 cm³/mol. The van der Waals surface area contributed by atoms with Gasteiger partial charge in [0.05, 0.1) is 23.6 Å². The number of Topliss-reactive ketones (excluding diaryl/α,β-unsaturated/α-hetero) is 2. The van der Waals surface area contributed by atoms with Crippen molar-refractivity contribution in [1.29, 1.82) is 0 Å². The molecule has 0 saturated carbocycles. The standard InChI is InChI=1S/C22H24N2O8.HNO3/c1-7-8-5-4-6-9(25)11(8)16(26)12-10(7)17(27)14-15(24(2)3)18(28)13(21(23)31)20(30)22(14,32)19(12)29;2-1(3)4/h4-7,10,14-15,17,25,27-29,32H,1-3H3,(H2,23,31);(H,2,3,4)/t7-,10+,14-,15-,17-,22-;/m0./s1. The fourth-order valence-corrected chi connectivity index (χ4v) is 5.58. The number of benzene rings is 1. The Morgan fingerprint density at radius 1 is 1.19 bits per heavy atom. The van der Waals surface area contributed by atoms with Crippen molar-refractivity contribution in [3.8, 4) is 5.75 Å². The van der Waals surface area contributed by atoms with E-state index < -0.39 is 80.7 Å². The van der Waals surface area contributed by atoms with Crippen LogP contribution >= 0.6 is 0 Å². The van der Waals surface area contributed by atoms with Gasteiger partial charge in [-0.25, -0.2) is 0 Å². The summed E-state index contributed by atoms with van der Waals surface area (Å²) in [6.45, 7) is 1.68. The van der Waals surface area contributed by atoms with Crippen molar-refractivity contribution < 1.29 is 50.2 Å². The fourth-order valence-electron chi connectivity index (χ4n) is 5.58. The van der Waals surface area contributed by atoms with Crippen LogP contribution < -0.4 is 5.73 Å². The molecule has 0 bridgehead atoms. The second-order valence-corrected chi connectivity index (χ2v) is 9.03. The van der Waals surface area contributed by atoms with Crippen LogP contribution in [0, 0.1) is 22.0 Å². The quantitative estimate of drug-likeness (QED) is 0.149. The lowest BCUT2D eigenvalue weighted by atomic mass is 9.55. The molecule has 3 aliphatic rings. The van der Waals surface area contributed by atoms with E-state index in [2.05, 4.69) is 0 Å². The third-order valence-electron chi connectivity index (χ3n) is 7.00. The maximum absolute atomic E-state index is 13.3. The molecule has 194 valence electrons. The average molecular weight is 507 g/mol. The Morgan fingerprint density at radius 3 is 2.25 bits per heavy atom. The van der Waals surface area contributed by atoms with Gasteiger partial charge in [-0.15, -0.1) is 10.1 Å². The van der Waals surface area contributed by atoms with E-state index in [9.17, 15) is 39.9 Å². The van der Waals surface area contributed by atoms with Gasteiger partial charge in [0, 0.05) is 11.5 Å². The Morgan fingerprint density at radius 2 is 1.75 bits per heavy atom. The van der Waals surface area contributed by atoms with Gasteiger partial charge in [-0.1, -0.05) is 19.1 Å². The summed E-state index contributed by atoms with van der Waals surface area (Å²) in [4.78, 5) is 48.2. The zero-order valence-electron chi connectivity index (χ0n) is 19.3. The fraction of sp³-hybridized carbons (Fsp3) is 0.409. The molecule has 0 fully saturated rings. The Kier molecular flexibility index (Phi) is 6.57. The first kappa shape index (κ1) is 26.6. The summed E-state index contributed by atoms with van der Waals surface area (Å²) in [5.41, 5.74) is 1.36. The number of carbonyl (C=O) groups is 3. The third kappa shape index (κ3) is 3.57. The van der Waals surface area contributed by atoms with Gasteiger partial charge in [-0.05, 0) is 31.6 Å². The van der Waals surface area contributed by atoms with Crippen LogP contribution in [0.3, 0.4) is 0 Å². The molecule has 0 radical (unpaired) electrons. The molecular formula is C22H25N3O11. The van der Waals surface area contributed by atoms with E-state index in [1.54, 1.807) is 19.1 Å². The first-order valence-corrected chi connectivity index (χ1v) is 10.6. The number of ketones is 2. The minimum atomic E-state index is -2.89. The van der Waals surface area contributed by atoms with Crippen LogP contribution in [-0.2, 0) is 9.59 Å². The molecule has 0 saturated heterocycles. The van der Waals surface area contributed by atoms with Gasteiger partial charge in [0.15, 0.2) is 11.4 Å². The number of aromatic hydroxyl groups is 1. The largest absolute Gasteiger partial charge is 0.510 e. The lowest BCUT2D eigenvalue weighted by Gasteiger charge is -2.53. The molecule has 0 unspecified atom stereocenters. The topological polar surface area (TPSA) is 245 Å². The summed E-state index contributed by atoms with van der Waals surface area (Å²) in [6, 6.07) is 3.17. The predicted octanol–water partition coefficient (Wildman–Crippen LogP) is -0.695. The lowest BCUT2D eigenvalue weighted by Crippen LogP contribution is -2.68. The number of fused-ring (bicyclic) bond motifs is 3. The smallest absolute Gasteiger partial charge is 0.291 e. The van der Waals surface area contributed by atoms with E-state index >= 15 is 0 Å². The van der Waals surface area contributed by atoms with Gasteiger partial charge >= 0.3 is 0 Å². The zero-order chi connectivity index (χ0) is 27.4. The second kappa shape index (κ2) is 8.89. The molecule has 14 heteroatoms. The highest BCUT2D eigenvalue weighted by molar-refractivity contribution is 6.25. The molecule has 4 rings (SSSR count). The van der Waals surface area contributed by atoms with Gasteiger partial charge in [-0.2, -0.15) is 0 Å². The van der Waals surface area contributed by atoms with Crippen LogP contribution in [0.25, 0.3) is 0 Å². The number of phenolic OH excluding ortho intramolecular Hbond substituents is 1. The number of rotatable bonds is 2. The summed E-state index contributed by atoms with van der Waals surface area (Å²) in [7, 11) is 2.98. The van der Waals surface area contributed by atoms with Crippen molar-refractivity contribution in [2.45, 2.75) is 30.6 Å². The Labute approximate surface area is 203 Å². The Hall–Kier alpha value is -4.01. The molecule has 6 atom stereocenters. The van der Waals surface area contributed by atoms with E-state index in [1.165, 1.54) is 25.1 Å². The summed E-state index contributed by atoms with van der Waals surface area (Å²) >= 11 is 0. The number of aliphatic hydroxyl groups excluding tert-OH is 3. The van der Waals surface area contributed by atoms with Crippen molar-refractivity contribution >= 4 is 17.5 Å². The highest BCUT2D eigenvalue weighted by Crippen LogP contribution is 2.55. The molecular weight excluding hydrogens is 482 g/mol. The van der Waals surface area contributed by atoms with Gasteiger partial charge in [0.1, 0.15) is 22.8 Å². The number of aliphatic hydroxyl groups is 4. The van der Waals surface area contributed by atoms with E-state index in [1.807, 2.05) is 0 Å². The summed E-state index contributed by atoms with van der Waals surface area (Å²) in [5.74, 6) is -8.86. The average Bonchev–Trinajstić information content (AvgIpc) is 2.75. The first-order chi connectivity index (χ1) is 16.6. The second-order valence-electron chi connectivity index (χ2n) is 9.03. The number of nitrogens with two attached hydrogens (primary N) is 1. The van der Waals surface area contributed by atoms with E-state index in [4.69, 9.17) is 21.1 Å². The Balaban J connectivity index is 0.000000840. The van der Waals surface area contributed by atoms with Crippen LogP contribution in [0.15, 0.2) is 40.9 Å². The summed E-state index contributed by atoms with van der Waals surface area (Å²) in [5, 5.41) is 68.7.